The summed E-state index contributed by atoms with van der Waals surface area (Å²) in [6.07, 6.45) is 1.57. The van der Waals surface area contributed by atoms with E-state index in [0.717, 1.165) is 33.7 Å². The number of aliphatic hydroxyl groups is 1. The van der Waals surface area contributed by atoms with Gasteiger partial charge < -0.3 is 15.4 Å². The SMILES string of the molecule is C[C@@H](Nc1ncnc2[nH]c(-c3ccc(CO)cc3)cc12)c1ccccc1. The molecule has 5 nitrogen and oxygen atoms in total. The quantitative estimate of drug-likeness (QED) is 0.505. The Bertz CT molecular complexity index is 1010. The molecule has 130 valence electrons. The predicted molar refractivity (Wildman–Crippen MR) is 104 cm³/mol. The summed E-state index contributed by atoms with van der Waals surface area (Å²) in [5.74, 6) is 0.806. The van der Waals surface area contributed by atoms with E-state index in [1.54, 1.807) is 6.33 Å². The van der Waals surface area contributed by atoms with Gasteiger partial charge in [0.2, 0.25) is 0 Å². The van der Waals surface area contributed by atoms with Crippen LogP contribution in [0.2, 0.25) is 0 Å². The van der Waals surface area contributed by atoms with Crippen LogP contribution >= 0.6 is 0 Å². The van der Waals surface area contributed by atoms with Gasteiger partial charge in [0, 0.05) is 11.7 Å². The van der Waals surface area contributed by atoms with Crippen molar-refractivity contribution in [2.24, 2.45) is 0 Å². The first-order chi connectivity index (χ1) is 12.7. The average molecular weight is 344 g/mol. The highest BCUT2D eigenvalue weighted by Crippen LogP contribution is 2.29. The smallest absolute Gasteiger partial charge is 0.143 e. The molecule has 0 radical (unpaired) electrons. The van der Waals surface area contributed by atoms with Gasteiger partial charge >= 0.3 is 0 Å². The van der Waals surface area contributed by atoms with Gasteiger partial charge in [0.1, 0.15) is 17.8 Å². The van der Waals surface area contributed by atoms with Crippen LogP contribution in [0.5, 0.6) is 0 Å². The Morgan fingerprint density at radius 1 is 1.04 bits per heavy atom. The highest BCUT2D eigenvalue weighted by molar-refractivity contribution is 5.91. The van der Waals surface area contributed by atoms with E-state index in [9.17, 15) is 5.11 Å². The number of nitrogens with one attached hydrogen (secondary N) is 2. The van der Waals surface area contributed by atoms with Crippen LogP contribution in [0.3, 0.4) is 0 Å². The molecule has 1 atom stereocenters. The van der Waals surface area contributed by atoms with Crippen LogP contribution in [-0.4, -0.2) is 20.1 Å². The number of nitrogens with zero attached hydrogens (tertiary/aromatic N) is 2. The Morgan fingerprint density at radius 3 is 2.54 bits per heavy atom. The second-order valence-electron chi connectivity index (χ2n) is 6.30. The summed E-state index contributed by atoms with van der Waals surface area (Å²) in [6, 6.07) is 20.3. The Kier molecular flexibility index (Phi) is 4.37. The molecule has 0 saturated carbocycles. The van der Waals surface area contributed by atoms with Crippen LogP contribution in [0.4, 0.5) is 5.82 Å². The van der Waals surface area contributed by atoms with Gasteiger partial charge in [-0.3, -0.25) is 0 Å². The van der Waals surface area contributed by atoms with Crippen LogP contribution in [-0.2, 0) is 6.61 Å². The number of H-pyrrole nitrogens is 1. The lowest BCUT2D eigenvalue weighted by Gasteiger charge is -2.15. The monoisotopic (exact) mass is 344 g/mol. The summed E-state index contributed by atoms with van der Waals surface area (Å²) in [7, 11) is 0. The first-order valence-electron chi connectivity index (χ1n) is 8.60. The maximum Gasteiger partial charge on any atom is 0.143 e. The van der Waals surface area contributed by atoms with Gasteiger partial charge in [-0.2, -0.15) is 0 Å². The van der Waals surface area contributed by atoms with Crippen LogP contribution < -0.4 is 5.32 Å². The largest absolute Gasteiger partial charge is 0.392 e. The number of hydrogen-bond donors (Lipinski definition) is 3. The first-order valence-corrected chi connectivity index (χ1v) is 8.60. The summed E-state index contributed by atoms with van der Waals surface area (Å²) < 4.78 is 0. The van der Waals surface area contributed by atoms with E-state index in [1.807, 2.05) is 42.5 Å². The van der Waals surface area contributed by atoms with Crippen molar-refractivity contribution in [1.29, 1.82) is 0 Å². The molecule has 0 unspecified atom stereocenters. The van der Waals surface area contributed by atoms with Gasteiger partial charge in [-0.15, -0.1) is 0 Å². The summed E-state index contributed by atoms with van der Waals surface area (Å²) >= 11 is 0. The molecule has 4 aromatic rings. The molecule has 0 spiro atoms. The molecular formula is C21H20N4O. The van der Waals surface area contributed by atoms with Crippen molar-refractivity contribution in [3.63, 3.8) is 0 Å². The van der Waals surface area contributed by atoms with Crippen molar-refractivity contribution in [2.45, 2.75) is 19.6 Å². The van der Waals surface area contributed by atoms with Crippen LogP contribution in [0.15, 0.2) is 67.0 Å². The Labute approximate surface area is 151 Å². The van der Waals surface area contributed by atoms with E-state index in [-0.39, 0.29) is 12.6 Å². The second kappa shape index (κ2) is 6.98. The number of hydrogen-bond acceptors (Lipinski definition) is 4. The van der Waals surface area contributed by atoms with E-state index >= 15 is 0 Å². The molecule has 0 fully saturated rings. The second-order valence-corrected chi connectivity index (χ2v) is 6.30. The summed E-state index contributed by atoms with van der Waals surface area (Å²) in [5.41, 5.74) is 4.91. The third-order valence-electron chi connectivity index (χ3n) is 4.53. The summed E-state index contributed by atoms with van der Waals surface area (Å²) in [4.78, 5) is 12.1. The molecule has 5 heteroatoms. The van der Waals surface area contributed by atoms with E-state index in [4.69, 9.17) is 0 Å². The van der Waals surface area contributed by atoms with E-state index < -0.39 is 0 Å². The van der Waals surface area contributed by atoms with E-state index in [1.165, 1.54) is 5.56 Å². The number of rotatable bonds is 5. The zero-order valence-corrected chi connectivity index (χ0v) is 14.5. The first kappa shape index (κ1) is 16.3. The molecule has 0 aliphatic heterocycles. The molecule has 2 heterocycles. The minimum absolute atomic E-state index is 0.0455. The molecule has 26 heavy (non-hydrogen) atoms. The fourth-order valence-corrected chi connectivity index (χ4v) is 3.03. The standard InChI is InChI=1S/C21H20N4O/c1-14(16-5-3-2-4-6-16)24-20-18-11-19(25-21(18)23-13-22-20)17-9-7-15(12-26)8-10-17/h2-11,13-14,26H,12H2,1H3,(H2,22,23,24,25)/t14-/m1/s1. The number of aromatic amines is 1. The zero-order chi connectivity index (χ0) is 17.9. The van der Waals surface area contributed by atoms with Crippen molar-refractivity contribution in [2.75, 3.05) is 5.32 Å². The highest BCUT2D eigenvalue weighted by atomic mass is 16.3. The van der Waals surface area contributed by atoms with Crippen molar-refractivity contribution in [3.05, 3.63) is 78.1 Å². The van der Waals surface area contributed by atoms with Gasteiger partial charge in [0.05, 0.1) is 12.0 Å². The molecule has 2 aromatic carbocycles. The maximum atomic E-state index is 9.19. The Balaban J connectivity index is 1.67. The lowest BCUT2D eigenvalue weighted by molar-refractivity contribution is 0.282. The molecule has 0 saturated heterocycles. The van der Waals surface area contributed by atoms with Gasteiger partial charge in [0.25, 0.3) is 0 Å². The molecule has 4 rings (SSSR count). The molecule has 0 amide bonds. The van der Waals surface area contributed by atoms with Crippen molar-refractivity contribution < 1.29 is 5.11 Å². The van der Waals surface area contributed by atoms with Crippen molar-refractivity contribution >= 4 is 16.9 Å². The van der Waals surface area contributed by atoms with Crippen molar-refractivity contribution in [3.8, 4) is 11.3 Å². The molecule has 0 bridgehead atoms. The maximum absolute atomic E-state index is 9.19. The van der Waals surface area contributed by atoms with Gasteiger partial charge in [-0.05, 0) is 29.7 Å². The fraction of sp³-hybridized carbons (Fsp3) is 0.143. The lowest BCUT2D eigenvalue weighted by Crippen LogP contribution is -2.08. The minimum atomic E-state index is 0.0455. The topological polar surface area (TPSA) is 73.8 Å². The number of aliphatic hydroxyl groups excluding tert-OH is 1. The normalized spacial score (nSPS) is 12.2. The number of fused-ring (bicyclic) bond motifs is 1. The van der Waals surface area contributed by atoms with Crippen LogP contribution in [0.1, 0.15) is 24.1 Å². The summed E-state index contributed by atoms with van der Waals surface area (Å²) in [6.45, 7) is 2.16. The predicted octanol–water partition coefficient (Wildman–Crippen LogP) is 4.29. The minimum Gasteiger partial charge on any atom is -0.392 e. The van der Waals surface area contributed by atoms with Gasteiger partial charge in [0.15, 0.2) is 0 Å². The zero-order valence-electron chi connectivity index (χ0n) is 14.5. The number of anilines is 1. The summed E-state index contributed by atoms with van der Waals surface area (Å²) in [5, 5.41) is 13.6. The molecule has 3 N–H and O–H groups in total. The van der Waals surface area contributed by atoms with E-state index in [2.05, 4.69) is 45.4 Å². The van der Waals surface area contributed by atoms with Crippen LogP contribution in [0.25, 0.3) is 22.3 Å². The average Bonchev–Trinajstić information content (AvgIpc) is 3.14. The molecule has 2 aromatic heterocycles. The Morgan fingerprint density at radius 2 is 1.81 bits per heavy atom. The molecule has 0 aliphatic rings. The number of aromatic nitrogens is 3. The molecular weight excluding hydrogens is 324 g/mol. The van der Waals surface area contributed by atoms with Gasteiger partial charge in [-0.1, -0.05) is 54.6 Å². The van der Waals surface area contributed by atoms with E-state index in [0.29, 0.717) is 0 Å². The number of benzene rings is 2. The van der Waals surface area contributed by atoms with Crippen LogP contribution in [0, 0.1) is 0 Å². The highest BCUT2D eigenvalue weighted by Gasteiger charge is 2.12. The van der Waals surface area contributed by atoms with Crippen molar-refractivity contribution in [1.82, 2.24) is 15.0 Å². The fourth-order valence-electron chi connectivity index (χ4n) is 3.03. The third-order valence-corrected chi connectivity index (χ3v) is 4.53. The van der Waals surface area contributed by atoms with Gasteiger partial charge in [-0.25, -0.2) is 9.97 Å². The lowest BCUT2D eigenvalue weighted by atomic mass is 10.1. The molecule has 0 aliphatic carbocycles. The third kappa shape index (κ3) is 3.17. The Hall–Kier alpha value is -3.18.